The lowest BCUT2D eigenvalue weighted by atomic mass is 10.0. The minimum absolute atomic E-state index is 0.0280. The van der Waals surface area contributed by atoms with Gasteiger partial charge in [0.2, 0.25) is 0 Å². The van der Waals surface area contributed by atoms with Gasteiger partial charge in [-0.15, -0.1) is 0 Å². The van der Waals surface area contributed by atoms with Crippen molar-refractivity contribution in [3.8, 4) is 6.07 Å². The van der Waals surface area contributed by atoms with Crippen molar-refractivity contribution >= 4 is 27.1 Å². The lowest BCUT2D eigenvalue weighted by molar-refractivity contribution is 0.228. The van der Waals surface area contributed by atoms with E-state index < -0.39 is 10.2 Å². The second kappa shape index (κ2) is 6.40. The SMILES string of the molecule is N#CC1CCN(S(=O)(=O)N2CCN(c3ncnc4[nH]ccc34)CC23CC3)CC1. The largest absolute Gasteiger partial charge is 0.353 e. The Kier molecular flexibility index (Phi) is 4.08. The Morgan fingerprint density at radius 3 is 2.68 bits per heavy atom. The first-order valence-corrected chi connectivity index (χ1v) is 11.1. The molecule has 2 aromatic heterocycles. The van der Waals surface area contributed by atoms with E-state index in [1.54, 1.807) is 14.9 Å². The quantitative estimate of drug-likeness (QED) is 0.825. The summed E-state index contributed by atoms with van der Waals surface area (Å²) in [6, 6.07) is 4.23. The first-order valence-electron chi connectivity index (χ1n) is 9.74. The number of aromatic nitrogens is 3. The Labute approximate surface area is 164 Å². The van der Waals surface area contributed by atoms with E-state index in [-0.39, 0.29) is 11.5 Å². The highest BCUT2D eigenvalue weighted by atomic mass is 32.2. The summed E-state index contributed by atoms with van der Waals surface area (Å²) in [4.78, 5) is 14.0. The van der Waals surface area contributed by atoms with E-state index >= 15 is 0 Å². The fourth-order valence-corrected chi connectivity index (χ4v) is 6.51. The highest BCUT2D eigenvalue weighted by Crippen LogP contribution is 2.47. The van der Waals surface area contributed by atoms with Crippen molar-refractivity contribution in [3.63, 3.8) is 0 Å². The number of rotatable bonds is 3. The molecule has 9 nitrogen and oxygen atoms in total. The van der Waals surface area contributed by atoms with Crippen LogP contribution in [0.3, 0.4) is 0 Å². The molecule has 0 bridgehead atoms. The van der Waals surface area contributed by atoms with Crippen LogP contribution in [0.25, 0.3) is 11.0 Å². The monoisotopic (exact) mass is 401 g/mol. The van der Waals surface area contributed by atoms with E-state index in [4.69, 9.17) is 5.26 Å². The summed E-state index contributed by atoms with van der Waals surface area (Å²) in [5.41, 5.74) is 0.460. The number of hydrogen-bond acceptors (Lipinski definition) is 6. The van der Waals surface area contributed by atoms with Crippen LogP contribution >= 0.6 is 0 Å². The first kappa shape index (κ1) is 17.8. The van der Waals surface area contributed by atoms with Crippen LogP contribution in [0.1, 0.15) is 25.7 Å². The number of H-pyrrole nitrogens is 1. The molecule has 3 fully saturated rings. The average molecular weight is 401 g/mol. The lowest BCUT2D eigenvalue weighted by Gasteiger charge is -2.44. The molecule has 1 saturated carbocycles. The molecular formula is C18H23N7O2S. The molecule has 0 unspecified atom stereocenters. The summed E-state index contributed by atoms with van der Waals surface area (Å²) in [5.74, 6) is 0.837. The van der Waals surface area contributed by atoms with Gasteiger partial charge in [0.15, 0.2) is 0 Å². The number of piperidine rings is 1. The highest BCUT2D eigenvalue weighted by molar-refractivity contribution is 7.86. The van der Waals surface area contributed by atoms with E-state index in [1.165, 1.54) is 0 Å². The number of anilines is 1. The zero-order chi connectivity index (χ0) is 19.4. The summed E-state index contributed by atoms with van der Waals surface area (Å²) < 4.78 is 29.9. The van der Waals surface area contributed by atoms with Crippen LogP contribution in [0.4, 0.5) is 5.82 Å². The molecule has 1 spiro atoms. The second-order valence-electron chi connectivity index (χ2n) is 7.97. The van der Waals surface area contributed by atoms with Gasteiger partial charge in [0.05, 0.1) is 17.0 Å². The van der Waals surface area contributed by atoms with Crippen LogP contribution in [0.5, 0.6) is 0 Å². The van der Waals surface area contributed by atoms with Crippen LogP contribution in [0, 0.1) is 17.2 Å². The molecule has 0 atom stereocenters. The van der Waals surface area contributed by atoms with Crippen LogP contribution in [0.15, 0.2) is 18.6 Å². The Morgan fingerprint density at radius 1 is 1.18 bits per heavy atom. The van der Waals surface area contributed by atoms with Gasteiger partial charge in [-0.05, 0) is 31.7 Å². The number of nitrogens with one attached hydrogen (secondary N) is 1. The maximum absolute atomic E-state index is 13.3. The van der Waals surface area contributed by atoms with E-state index in [0.29, 0.717) is 45.6 Å². The third kappa shape index (κ3) is 2.77. The Hall–Kier alpha value is -2.22. The first-order chi connectivity index (χ1) is 13.5. The summed E-state index contributed by atoms with van der Waals surface area (Å²) in [6.07, 6.45) is 6.39. The maximum Gasteiger partial charge on any atom is 0.282 e. The van der Waals surface area contributed by atoms with E-state index in [1.807, 2.05) is 12.3 Å². The minimum Gasteiger partial charge on any atom is -0.353 e. The molecular weight excluding hydrogens is 378 g/mol. The average Bonchev–Trinajstić information content (AvgIpc) is 3.28. The standard InChI is InChI=1S/C18H23N7O2S/c19-11-14-2-7-24(8-3-14)28(26,27)25-10-9-23(12-18(25)4-5-18)17-15-1-6-20-16(15)21-13-22-17/h1,6,13-14H,2-5,7-10,12H2,(H,20,21,22). The predicted octanol–water partition coefficient (Wildman–Crippen LogP) is 1.09. The van der Waals surface area contributed by atoms with Gasteiger partial charge in [-0.25, -0.2) is 9.97 Å². The van der Waals surface area contributed by atoms with E-state index in [9.17, 15) is 8.42 Å². The smallest absolute Gasteiger partial charge is 0.282 e. The van der Waals surface area contributed by atoms with Crippen LogP contribution < -0.4 is 4.90 Å². The van der Waals surface area contributed by atoms with Crippen LogP contribution in [0.2, 0.25) is 0 Å². The van der Waals surface area contributed by atoms with Gasteiger partial charge >= 0.3 is 0 Å². The number of nitriles is 1. The molecule has 4 heterocycles. The Bertz CT molecular complexity index is 1030. The van der Waals surface area contributed by atoms with E-state index in [0.717, 1.165) is 29.7 Å². The molecule has 0 aromatic carbocycles. The fraction of sp³-hybridized carbons (Fsp3) is 0.611. The van der Waals surface area contributed by atoms with Crippen molar-refractivity contribution in [1.82, 2.24) is 23.6 Å². The topological polar surface area (TPSA) is 109 Å². The van der Waals surface area contributed by atoms with Crippen molar-refractivity contribution in [1.29, 1.82) is 5.26 Å². The van der Waals surface area contributed by atoms with Gasteiger partial charge in [-0.2, -0.15) is 22.3 Å². The Morgan fingerprint density at radius 2 is 1.96 bits per heavy atom. The molecule has 1 N–H and O–H groups in total. The predicted molar refractivity (Wildman–Crippen MR) is 104 cm³/mol. The normalized spacial score (nSPS) is 23.9. The minimum atomic E-state index is -3.51. The number of aromatic amines is 1. The molecule has 1 aliphatic carbocycles. The van der Waals surface area contributed by atoms with E-state index in [2.05, 4.69) is 25.9 Å². The van der Waals surface area contributed by atoms with Gasteiger partial charge in [0.1, 0.15) is 17.8 Å². The van der Waals surface area contributed by atoms with Crippen molar-refractivity contribution in [3.05, 3.63) is 18.6 Å². The lowest BCUT2D eigenvalue weighted by Crippen LogP contribution is -2.60. The summed E-state index contributed by atoms with van der Waals surface area (Å²) in [7, 11) is -3.51. The molecule has 2 aromatic rings. The van der Waals surface area contributed by atoms with Gasteiger partial charge in [0, 0.05) is 44.8 Å². The van der Waals surface area contributed by atoms with Gasteiger partial charge in [-0.1, -0.05) is 0 Å². The molecule has 2 aliphatic heterocycles. The zero-order valence-corrected chi connectivity index (χ0v) is 16.4. The summed E-state index contributed by atoms with van der Waals surface area (Å²) >= 11 is 0. The Balaban J connectivity index is 1.37. The fourth-order valence-electron chi connectivity index (χ4n) is 4.52. The molecule has 148 valence electrons. The number of piperazine rings is 1. The number of fused-ring (bicyclic) bond motifs is 1. The molecule has 28 heavy (non-hydrogen) atoms. The van der Waals surface area contributed by atoms with Gasteiger partial charge < -0.3 is 9.88 Å². The molecule has 5 rings (SSSR count). The van der Waals surface area contributed by atoms with Gasteiger partial charge in [-0.3, -0.25) is 0 Å². The second-order valence-corrected chi connectivity index (χ2v) is 9.82. The van der Waals surface area contributed by atoms with Crippen LogP contribution in [-0.4, -0.2) is 70.2 Å². The van der Waals surface area contributed by atoms with Crippen molar-refractivity contribution < 1.29 is 8.42 Å². The van der Waals surface area contributed by atoms with Crippen molar-refractivity contribution in [2.45, 2.75) is 31.2 Å². The van der Waals surface area contributed by atoms with Crippen molar-refractivity contribution in [2.75, 3.05) is 37.6 Å². The van der Waals surface area contributed by atoms with Crippen LogP contribution in [-0.2, 0) is 10.2 Å². The van der Waals surface area contributed by atoms with Crippen molar-refractivity contribution in [2.24, 2.45) is 5.92 Å². The third-order valence-electron chi connectivity index (χ3n) is 6.29. The number of hydrogen-bond donors (Lipinski definition) is 1. The summed E-state index contributed by atoms with van der Waals surface area (Å²) in [6.45, 7) is 2.58. The third-order valence-corrected chi connectivity index (χ3v) is 8.43. The summed E-state index contributed by atoms with van der Waals surface area (Å²) in [5, 5.41) is 10.0. The highest BCUT2D eigenvalue weighted by Gasteiger charge is 2.57. The molecule has 2 saturated heterocycles. The maximum atomic E-state index is 13.3. The molecule has 0 radical (unpaired) electrons. The molecule has 3 aliphatic rings. The number of nitrogens with zero attached hydrogens (tertiary/aromatic N) is 6. The molecule has 0 amide bonds. The van der Waals surface area contributed by atoms with Gasteiger partial charge in [0.25, 0.3) is 10.2 Å². The molecule has 10 heteroatoms. The zero-order valence-electron chi connectivity index (χ0n) is 15.6.